The predicted octanol–water partition coefficient (Wildman–Crippen LogP) is 2.04. The number of anilines is 1. The lowest BCUT2D eigenvalue weighted by Crippen LogP contribution is -2.25. The van der Waals surface area contributed by atoms with Gasteiger partial charge in [-0.15, -0.1) is 0 Å². The van der Waals surface area contributed by atoms with Gasteiger partial charge in [-0.25, -0.2) is 0 Å². The van der Waals surface area contributed by atoms with Crippen LogP contribution in [0.1, 0.15) is 18.5 Å². The molecule has 2 heterocycles. The SMILES string of the molecule is Cc1c(NC2CCCSC2)cnn1C. The molecular weight excluding hydrogens is 194 g/mol. The van der Waals surface area contributed by atoms with Gasteiger partial charge >= 0.3 is 0 Å². The van der Waals surface area contributed by atoms with E-state index >= 15 is 0 Å². The summed E-state index contributed by atoms with van der Waals surface area (Å²) in [5.74, 6) is 2.55. The summed E-state index contributed by atoms with van der Waals surface area (Å²) in [5.41, 5.74) is 2.42. The van der Waals surface area contributed by atoms with E-state index in [1.165, 1.54) is 35.7 Å². The van der Waals surface area contributed by atoms with Gasteiger partial charge in [-0.2, -0.15) is 16.9 Å². The first-order valence-electron chi connectivity index (χ1n) is 5.10. The first-order valence-corrected chi connectivity index (χ1v) is 6.25. The molecule has 0 aromatic carbocycles. The van der Waals surface area contributed by atoms with E-state index in [4.69, 9.17) is 0 Å². The Kier molecular flexibility index (Phi) is 3.01. The maximum Gasteiger partial charge on any atom is 0.0758 e. The molecule has 1 fully saturated rings. The van der Waals surface area contributed by atoms with Crippen LogP contribution in [-0.4, -0.2) is 27.3 Å². The lowest BCUT2D eigenvalue weighted by Gasteiger charge is -2.23. The van der Waals surface area contributed by atoms with Crippen molar-refractivity contribution in [3.8, 4) is 0 Å². The van der Waals surface area contributed by atoms with E-state index in [1.807, 2.05) is 29.7 Å². The molecule has 4 heteroatoms. The number of aromatic nitrogens is 2. The first kappa shape index (κ1) is 9.90. The number of rotatable bonds is 2. The third-order valence-electron chi connectivity index (χ3n) is 2.76. The molecule has 1 atom stereocenters. The summed E-state index contributed by atoms with van der Waals surface area (Å²) in [7, 11) is 1.98. The molecule has 0 saturated carbocycles. The van der Waals surface area contributed by atoms with Gasteiger partial charge in [-0.05, 0) is 25.5 Å². The van der Waals surface area contributed by atoms with Gasteiger partial charge in [0.1, 0.15) is 0 Å². The van der Waals surface area contributed by atoms with Crippen molar-refractivity contribution in [3.63, 3.8) is 0 Å². The van der Waals surface area contributed by atoms with Crippen LogP contribution in [0, 0.1) is 6.92 Å². The molecule has 1 aliphatic heterocycles. The summed E-state index contributed by atoms with van der Waals surface area (Å²) in [5, 5.41) is 7.79. The van der Waals surface area contributed by atoms with Crippen LogP contribution in [0.4, 0.5) is 5.69 Å². The number of thioether (sulfide) groups is 1. The van der Waals surface area contributed by atoms with Crippen molar-refractivity contribution >= 4 is 17.4 Å². The van der Waals surface area contributed by atoms with Crippen LogP contribution in [0.5, 0.6) is 0 Å². The average molecular weight is 211 g/mol. The van der Waals surface area contributed by atoms with Gasteiger partial charge in [0.25, 0.3) is 0 Å². The van der Waals surface area contributed by atoms with Crippen LogP contribution in [0.3, 0.4) is 0 Å². The topological polar surface area (TPSA) is 29.9 Å². The van der Waals surface area contributed by atoms with E-state index in [9.17, 15) is 0 Å². The summed E-state index contributed by atoms with van der Waals surface area (Å²) in [4.78, 5) is 0. The highest BCUT2D eigenvalue weighted by Crippen LogP contribution is 2.22. The molecule has 1 aliphatic rings. The van der Waals surface area contributed by atoms with Gasteiger partial charge in [0.15, 0.2) is 0 Å². The van der Waals surface area contributed by atoms with Crippen molar-refractivity contribution in [3.05, 3.63) is 11.9 Å². The Hall–Kier alpha value is -0.640. The number of aryl methyl sites for hydroxylation is 1. The second kappa shape index (κ2) is 4.26. The second-order valence-electron chi connectivity index (χ2n) is 3.83. The molecule has 0 amide bonds. The summed E-state index contributed by atoms with van der Waals surface area (Å²) < 4.78 is 1.91. The number of nitrogens with one attached hydrogen (secondary N) is 1. The maximum absolute atomic E-state index is 4.23. The number of hydrogen-bond acceptors (Lipinski definition) is 3. The number of hydrogen-bond donors (Lipinski definition) is 1. The Balaban J connectivity index is 1.99. The lowest BCUT2D eigenvalue weighted by molar-refractivity contribution is 0.683. The molecule has 0 radical (unpaired) electrons. The minimum absolute atomic E-state index is 0.636. The Bertz CT molecular complexity index is 302. The van der Waals surface area contributed by atoms with E-state index in [0.717, 1.165) is 0 Å². The highest BCUT2D eigenvalue weighted by Gasteiger charge is 2.15. The highest BCUT2D eigenvalue weighted by atomic mass is 32.2. The van der Waals surface area contributed by atoms with Gasteiger partial charge in [0.05, 0.1) is 17.6 Å². The largest absolute Gasteiger partial charge is 0.379 e. The molecular formula is C10H17N3S. The molecule has 78 valence electrons. The average Bonchev–Trinajstić information content (AvgIpc) is 2.52. The van der Waals surface area contributed by atoms with Crippen molar-refractivity contribution in [1.29, 1.82) is 0 Å². The third kappa shape index (κ3) is 2.05. The van der Waals surface area contributed by atoms with Gasteiger partial charge in [0.2, 0.25) is 0 Å². The van der Waals surface area contributed by atoms with Crippen LogP contribution in [0.25, 0.3) is 0 Å². The Morgan fingerprint density at radius 2 is 2.50 bits per heavy atom. The van der Waals surface area contributed by atoms with E-state index in [2.05, 4.69) is 17.3 Å². The van der Waals surface area contributed by atoms with Gasteiger partial charge < -0.3 is 5.32 Å². The van der Waals surface area contributed by atoms with Gasteiger partial charge in [0, 0.05) is 18.8 Å². The predicted molar refractivity (Wildman–Crippen MR) is 61.9 cm³/mol. The first-order chi connectivity index (χ1) is 6.77. The van der Waals surface area contributed by atoms with Crippen LogP contribution in [-0.2, 0) is 7.05 Å². The summed E-state index contributed by atoms with van der Waals surface area (Å²) in [6, 6.07) is 0.636. The lowest BCUT2D eigenvalue weighted by atomic mass is 10.2. The quantitative estimate of drug-likeness (QED) is 0.812. The summed E-state index contributed by atoms with van der Waals surface area (Å²) in [6.45, 7) is 2.10. The molecule has 1 unspecified atom stereocenters. The van der Waals surface area contributed by atoms with Crippen molar-refractivity contribution in [1.82, 2.24) is 9.78 Å². The summed E-state index contributed by atoms with van der Waals surface area (Å²) >= 11 is 2.05. The molecule has 0 bridgehead atoms. The molecule has 1 aromatic rings. The highest BCUT2D eigenvalue weighted by molar-refractivity contribution is 7.99. The standard InChI is InChI=1S/C10H17N3S/c1-8-10(6-11-13(8)2)12-9-4-3-5-14-7-9/h6,9,12H,3-5,7H2,1-2H3. The van der Waals surface area contributed by atoms with Crippen molar-refractivity contribution in [2.45, 2.75) is 25.8 Å². The second-order valence-corrected chi connectivity index (χ2v) is 4.98. The minimum Gasteiger partial charge on any atom is -0.379 e. The van der Waals surface area contributed by atoms with E-state index in [1.54, 1.807) is 0 Å². The fraction of sp³-hybridized carbons (Fsp3) is 0.700. The zero-order valence-electron chi connectivity index (χ0n) is 8.79. The Labute approximate surface area is 89.3 Å². The maximum atomic E-state index is 4.23. The molecule has 1 aromatic heterocycles. The smallest absolute Gasteiger partial charge is 0.0758 e. The third-order valence-corrected chi connectivity index (χ3v) is 3.97. The summed E-state index contributed by atoms with van der Waals surface area (Å²) in [6.07, 6.45) is 4.55. The van der Waals surface area contributed by atoms with Crippen LogP contribution >= 0.6 is 11.8 Å². The normalized spacial score (nSPS) is 22.3. The van der Waals surface area contributed by atoms with Crippen molar-refractivity contribution in [2.24, 2.45) is 7.05 Å². The van der Waals surface area contributed by atoms with Gasteiger partial charge in [-0.3, -0.25) is 4.68 Å². The van der Waals surface area contributed by atoms with Crippen molar-refractivity contribution < 1.29 is 0 Å². The van der Waals surface area contributed by atoms with Crippen LogP contribution in [0.2, 0.25) is 0 Å². The fourth-order valence-electron chi connectivity index (χ4n) is 1.71. The minimum atomic E-state index is 0.636. The Morgan fingerprint density at radius 1 is 1.64 bits per heavy atom. The monoisotopic (exact) mass is 211 g/mol. The molecule has 0 aliphatic carbocycles. The zero-order chi connectivity index (χ0) is 9.97. The van der Waals surface area contributed by atoms with E-state index in [0.29, 0.717) is 6.04 Å². The molecule has 1 N–H and O–H groups in total. The van der Waals surface area contributed by atoms with Crippen LogP contribution < -0.4 is 5.32 Å². The van der Waals surface area contributed by atoms with Crippen LogP contribution in [0.15, 0.2) is 6.20 Å². The zero-order valence-corrected chi connectivity index (χ0v) is 9.60. The molecule has 14 heavy (non-hydrogen) atoms. The number of nitrogens with zero attached hydrogens (tertiary/aromatic N) is 2. The van der Waals surface area contributed by atoms with Crippen molar-refractivity contribution in [2.75, 3.05) is 16.8 Å². The molecule has 1 saturated heterocycles. The van der Waals surface area contributed by atoms with E-state index < -0.39 is 0 Å². The molecule has 0 spiro atoms. The van der Waals surface area contributed by atoms with Gasteiger partial charge in [-0.1, -0.05) is 0 Å². The molecule has 2 rings (SSSR count). The van der Waals surface area contributed by atoms with E-state index in [-0.39, 0.29) is 0 Å². The molecule has 3 nitrogen and oxygen atoms in total. The fourth-order valence-corrected chi connectivity index (χ4v) is 2.79. The Morgan fingerprint density at radius 3 is 3.07 bits per heavy atom.